The van der Waals surface area contributed by atoms with Crippen LogP contribution < -0.4 is 5.32 Å². The van der Waals surface area contributed by atoms with Crippen molar-refractivity contribution in [1.29, 1.82) is 0 Å². The topological polar surface area (TPSA) is 72.3 Å². The highest BCUT2D eigenvalue weighted by atomic mass is 35.5. The monoisotopic (exact) mass is 511 g/mol. The summed E-state index contributed by atoms with van der Waals surface area (Å²) in [7, 11) is 1.88. The Morgan fingerprint density at radius 1 is 1.22 bits per heavy atom. The summed E-state index contributed by atoms with van der Waals surface area (Å²) in [6.07, 6.45) is 7.28. The van der Waals surface area contributed by atoms with Gasteiger partial charge in [-0.25, -0.2) is 9.37 Å². The molecule has 4 unspecified atom stereocenters. The fraction of sp³-hybridized carbons (Fsp3) is 0.519. The molecule has 0 spiro atoms. The molecule has 6 rings (SSSR count). The maximum absolute atomic E-state index is 14.5. The van der Waals surface area contributed by atoms with Gasteiger partial charge in [-0.2, -0.15) is 5.10 Å². The van der Waals surface area contributed by atoms with Gasteiger partial charge < -0.3 is 10.1 Å². The summed E-state index contributed by atoms with van der Waals surface area (Å²) in [6.45, 7) is 4.23. The molecule has 0 bridgehead atoms. The standard InChI is InChI=1S/C27H31ClFN5O2/c1-27(15-36-14-24(27)29)34-5-3-16(4-6-34)21-7-17-9-25(30-11-18(17)8-23(21)28)32-26(35)22-10-20(22)19-12-31-33(2)13-19/h7-9,11-13,16,20,22,24H,3-6,10,14-15H2,1-2H3,(H,30,32,35). The second-order valence-electron chi connectivity index (χ2n) is 10.8. The minimum Gasteiger partial charge on any atom is -0.376 e. The summed E-state index contributed by atoms with van der Waals surface area (Å²) < 4.78 is 21.7. The summed E-state index contributed by atoms with van der Waals surface area (Å²) >= 11 is 6.70. The van der Waals surface area contributed by atoms with Gasteiger partial charge in [0, 0.05) is 35.8 Å². The number of amides is 1. The highest BCUT2D eigenvalue weighted by Gasteiger charge is 2.46. The summed E-state index contributed by atoms with van der Waals surface area (Å²) in [5.41, 5.74) is 1.68. The number of aryl methyl sites for hydroxylation is 1. The van der Waals surface area contributed by atoms with Crippen LogP contribution in [0.1, 0.15) is 49.1 Å². The van der Waals surface area contributed by atoms with Gasteiger partial charge in [-0.05, 0) is 85.8 Å². The number of carbonyl (C=O) groups is 1. The van der Waals surface area contributed by atoms with Crippen molar-refractivity contribution in [3.05, 3.63) is 52.9 Å². The SMILES string of the molecule is Cn1cc(C2CC2C(=O)Nc2cc3cc(C4CCN(C5(C)COCC5F)CC4)c(Cl)cc3cn2)cn1. The summed E-state index contributed by atoms with van der Waals surface area (Å²) in [4.78, 5) is 19.5. The molecule has 3 aromatic rings. The smallest absolute Gasteiger partial charge is 0.229 e. The van der Waals surface area contributed by atoms with Crippen LogP contribution in [0.4, 0.5) is 10.2 Å². The van der Waals surface area contributed by atoms with Crippen molar-refractivity contribution in [1.82, 2.24) is 19.7 Å². The zero-order valence-electron chi connectivity index (χ0n) is 20.6. The zero-order chi connectivity index (χ0) is 25.0. The number of likely N-dealkylation sites (tertiary alicyclic amines) is 1. The van der Waals surface area contributed by atoms with Crippen molar-refractivity contribution in [2.24, 2.45) is 13.0 Å². The molecule has 3 fully saturated rings. The van der Waals surface area contributed by atoms with E-state index in [0.29, 0.717) is 18.3 Å². The average molecular weight is 512 g/mol. The molecule has 7 nitrogen and oxygen atoms in total. The van der Waals surface area contributed by atoms with Crippen LogP contribution in [-0.4, -0.2) is 63.6 Å². The molecule has 190 valence electrons. The van der Waals surface area contributed by atoms with Crippen LogP contribution in [0.3, 0.4) is 0 Å². The first-order chi connectivity index (χ1) is 17.3. The summed E-state index contributed by atoms with van der Waals surface area (Å²) in [6, 6.07) is 6.01. The Bertz CT molecular complexity index is 1310. The Kier molecular flexibility index (Phi) is 6.01. The third kappa shape index (κ3) is 4.29. The number of fused-ring (bicyclic) bond motifs is 1. The van der Waals surface area contributed by atoms with E-state index in [0.717, 1.165) is 59.3 Å². The second kappa shape index (κ2) is 9.08. The lowest BCUT2D eigenvalue weighted by Gasteiger charge is -2.43. The van der Waals surface area contributed by atoms with Crippen LogP contribution in [0.15, 0.2) is 36.8 Å². The van der Waals surface area contributed by atoms with Crippen LogP contribution in [0.2, 0.25) is 5.02 Å². The number of benzene rings is 1. The number of nitrogens with one attached hydrogen (secondary N) is 1. The predicted molar refractivity (Wildman–Crippen MR) is 137 cm³/mol. The molecule has 4 atom stereocenters. The van der Waals surface area contributed by atoms with Gasteiger partial charge in [0.15, 0.2) is 0 Å². The predicted octanol–water partition coefficient (Wildman–Crippen LogP) is 4.67. The maximum atomic E-state index is 14.5. The quantitative estimate of drug-likeness (QED) is 0.539. The number of pyridine rings is 1. The minimum absolute atomic E-state index is 0.00665. The lowest BCUT2D eigenvalue weighted by atomic mass is 9.85. The van der Waals surface area contributed by atoms with E-state index in [1.165, 1.54) is 0 Å². The number of carbonyl (C=O) groups excluding carboxylic acids is 1. The number of anilines is 1. The van der Waals surface area contributed by atoms with Gasteiger partial charge in [0.1, 0.15) is 12.0 Å². The van der Waals surface area contributed by atoms with E-state index < -0.39 is 11.7 Å². The number of aromatic nitrogens is 3. The van der Waals surface area contributed by atoms with Crippen molar-refractivity contribution in [2.75, 3.05) is 31.6 Å². The third-order valence-corrected chi connectivity index (χ3v) is 8.69. The van der Waals surface area contributed by atoms with E-state index in [2.05, 4.69) is 26.4 Å². The van der Waals surface area contributed by atoms with Crippen LogP contribution >= 0.6 is 11.6 Å². The van der Waals surface area contributed by atoms with Crippen LogP contribution in [0.5, 0.6) is 0 Å². The van der Waals surface area contributed by atoms with Crippen LogP contribution in [0.25, 0.3) is 10.8 Å². The first-order valence-corrected chi connectivity index (χ1v) is 13.0. The summed E-state index contributed by atoms with van der Waals surface area (Å²) in [5, 5.41) is 9.88. The number of ether oxygens (including phenoxy) is 1. The van der Waals surface area contributed by atoms with Gasteiger partial charge in [-0.1, -0.05) is 11.6 Å². The van der Waals surface area contributed by atoms with Crippen molar-refractivity contribution >= 4 is 34.1 Å². The van der Waals surface area contributed by atoms with E-state index in [-0.39, 0.29) is 24.3 Å². The number of alkyl halides is 1. The van der Waals surface area contributed by atoms with Gasteiger partial charge in [0.05, 0.1) is 24.9 Å². The highest BCUT2D eigenvalue weighted by Crippen LogP contribution is 2.48. The number of rotatable bonds is 5. The molecule has 1 saturated carbocycles. The highest BCUT2D eigenvalue weighted by molar-refractivity contribution is 6.32. The number of hydrogen-bond acceptors (Lipinski definition) is 5. The van der Waals surface area contributed by atoms with E-state index >= 15 is 0 Å². The molecule has 2 aromatic heterocycles. The normalized spacial score (nSPS) is 29.1. The zero-order valence-corrected chi connectivity index (χ0v) is 21.3. The van der Waals surface area contributed by atoms with Crippen molar-refractivity contribution < 1.29 is 13.9 Å². The van der Waals surface area contributed by atoms with Crippen LogP contribution in [0, 0.1) is 5.92 Å². The number of hydrogen-bond donors (Lipinski definition) is 1. The van der Waals surface area contributed by atoms with Crippen LogP contribution in [-0.2, 0) is 16.6 Å². The lowest BCUT2D eigenvalue weighted by Crippen LogP contribution is -2.55. The molecular weight excluding hydrogens is 481 g/mol. The summed E-state index contributed by atoms with van der Waals surface area (Å²) in [5.74, 6) is 1.03. The number of piperidine rings is 1. The Balaban J connectivity index is 1.15. The number of nitrogens with zero attached hydrogens (tertiary/aromatic N) is 4. The van der Waals surface area contributed by atoms with Crippen molar-refractivity contribution in [3.8, 4) is 0 Å². The molecule has 2 aliphatic heterocycles. The fourth-order valence-corrected chi connectivity index (χ4v) is 6.22. The van der Waals surface area contributed by atoms with E-state index in [1.807, 2.05) is 38.5 Å². The molecule has 9 heteroatoms. The largest absolute Gasteiger partial charge is 0.376 e. The van der Waals surface area contributed by atoms with Gasteiger partial charge in [-0.15, -0.1) is 0 Å². The Morgan fingerprint density at radius 2 is 2.03 bits per heavy atom. The third-order valence-electron chi connectivity index (χ3n) is 8.36. The molecule has 1 aliphatic carbocycles. The molecule has 2 saturated heterocycles. The molecule has 1 N–H and O–H groups in total. The Hall–Kier alpha value is -2.55. The van der Waals surface area contributed by atoms with E-state index in [4.69, 9.17) is 16.3 Å². The van der Waals surface area contributed by atoms with Gasteiger partial charge in [0.2, 0.25) is 5.91 Å². The first kappa shape index (κ1) is 23.8. The van der Waals surface area contributed by atoms with E-state index in [9.17, 15) is 9.18 Å². The number of halogens is 2. The molecule has 1 amide bonds. The first-order valence-electron chi connectivity index (χ1n) is 12.7. The van der Waals surface area contributed by atoms with E-state index in [1.54, 1.807) is 10.9 Å². The minimum atomic E-state index is -0.949. The Morgan fingerprint density at radius 3 is 2.72 bits per heavy atom. The maximum Gasteiger partial charge on any atom is 0.229 e. The second-order valence-corrected chi connectivity index (χ2v) is 11.2. The van der Waals surface area contributed by atoms with Gasteiger partial charge in [0.25, 0.3) is 0 Å². The molecule has 4 heterocycles. The molecule has 3 aliphatic rings. The average Bonchev–Trinajstić information content (AvgIpc) is 3.44. The molecular formula is C27H31ClFN5O2. The van der Waals surface area contributed by atoms with Crippen molar-refractivity contribution in [2.45, 2.75) is 49.7 Å². The molecule has 0 radical (unpaired) electrons. The van der Waals surface area contributed by atoms with Crippen molar-refractivity contribution in [3.63, 3.8) is 0 Å². The van der Waals surface area contributed by atoms with Gasteiger partial charge >= 0.3 is 0 Å². The molecule has 1 aromatic carbocycles. The fourth-order valence-electron chi connectivity index (χ4n) is 5.90. The molecule has 36 heavy (non-hydrogen) atoms. The Labute approximate surface area is 215 Å². The lowest BCUT2D eigenvalue weighted by molar-refractivity contribution is -0.117. The van der Waals surface area contributed by atoms with Gasteiger partial charge in [-0.3, -0.25) is 14.4 Å².